The molecule has 4 rings (SSSR count). The highest BCUT2D eigenvalue weighted by Crippen LogP contribution is 2.64. The quantitative estimate of drug-likeness (QED) is 0.839. The zero-order valence-electron chi connectivity index (χ0n) is 9.77. The number of rotatable bonds is 4. The van der Waals surface area contributed by atoms with Crippen LogP contribution < -0.4 is 10.1 Å². The van der Waals surface area contributed by atoms with E-state index in [2.05, 4.69) is 15.5 Å². The molecule has 90 valence electrons. The van der Waals surface area contributed by atoms with Crippen molar-refractivity contribution in [3.8, 4) is 5.88 Å². The Labute approximate surface area is 99.6 Å². The van der Waals surface area contributed by atoms with Gasteiger partial charge in [-0.05, 0) is 31.2 Å². The van der Waals surface area contributed by atoms with E-state index >= 15 is 0 Å². The smallest absolute Gasteiger partial charge is 0.233 e. The highest BCUT2D eigenvalue weighted by atomic mass is 16.5. The third-order valence-electron chi connectivity index (χ3n) is 3.85. The predicted octanol–water partition coefficient (Wildman–Crippen LogP) is 0.901. The number of nitrogens with zero attached hydrogens (tertiary/aromatic N) is 2. The van der Waals surface area contributed by atoms with Crippen molar-refractivity contribution in [2.75, 3.05) is 7.11 Å². The Kier molecular flexibility index (Phi) is 2.28. The average molecular weight is 233 g/mol. The van der Waals surface area contributed by atoms with E-state index in [-0.39, 0.29) is 11.3 Å². The number of aromatic nitrogens is 2. The molecule has 0 saturated heterocycles. The molecule has 1 aromatic heterocycles. The number of hydrogen-bond acceptors (Lipinski definition) is 4. The standard InChI is InChI=1S/C12H15N3O2/c1-17-10-3-2-9(14-15-10)7-13-11(16)12-4-8(5-12)6-12/h2-3,8H,4-7H2,1H3,(H,13,16). The lowest BCUT2D eigenvalue weighted by Gasteiger charge is -2.60. The molecule has 0 radical (unpaired) electrons. The number of carbonyl (C=O) groups is 1. The van der Waals surface area contributed by atoms with Gasteiger partial charge in [-0.15, -0.1) is 5.10 Å². The molecule has 17 heavy (non-hydrogen) atoms. The number of hydrogen-bond donors (Lipinski definition) is 1. The van der Waals surface area contributed by atoms with Crippen molar-refractivity contribution in [3.63, 3.8) is 0 Å². The minimum absolute atomic E-state index is 0.0232. The van der Waals surface area contributed by atoms with Crippen LogP contribution in [0.5, 0.6) is 5.88 Å². The topological polar surface area (TPSA) is 64.1 Å². The molecule has 3 aliphatic rings. The maximum Gasteiger partial charge on any atom is 0.233 e. The van der Waals surface area contributed by atoms with Crippen LogP contribution in [0.1, 0.15) is 25.0 Å². The molecule has 5 heteroatoms. The predicted molar refractivity (Wildman–Crippen MR) is 60.2 cm³/mol. The van der Waals surface area contributed by atoms with Crippen LogP contribution in [0, 0.1) is 11.3 Å². The molecule has 0 atom stereocenters. The number of methoxy groups -OCH3 is 1. The van der Waals surface area contributed by atoms with Crippen LogP contribution in [-0.2, 0) is 11.3 Å². The lowest BCUT2D eigenvalue weighted by Crippen LogP contribution is -2.60. The third kappa shape index (κ3) is 1.66. The van der Waals surface area contributed by atoms with Crippen molar-refractivity contribution < 1.29 is 9.53 Å². The van der Waals surface area contributed by atoms with Gasteiger partial charge in [0.1, 0.15) is 0 Å². The van der Waals surface area contributed by atoms with E-state index in [4.69, 9.17) is 4.74 Å². The van der Waals surface area contributed by atoms with E-state index in [1.54, 1.807) is 13.2 Å². The summed E-state index contributed by atoms with van der Waals surface area (Å²) < 4.78 is 4.92. The number of carbonyl (C=O) groups excluding carboxylic acids is 1. The van der Waals surface area contributed by atoms with Crippen molar-refractivity contribution in [3.05, 3.63) is 17.8 Å². The van der Waals surface area contributed by atoms with Crippen molar-refractivity contribution in [1.82, 2.24) is 15.5 Å². The van der Waals surface area contributed by atoms with E-state index in [1.165, 1.54) is 0 Å². The van der Waals surface area contributed by atoms with E-state index in [0.717, 1.165) is 30.9 Å². The van der Waals surface area contributed by atoms with Gasteiger partial charge < -0.3 is 10.1 Å². The van der Waals surface area contributed by atoms with E-state index in [9.17, 15) is 4.79 Å². The fourth-order valence-corrected chi connectivity index (χ4v) is 2.67. The zero-order chi connectivity index (χ0) is 11.9. The monoisotopic (exact) mass is 233 g/mol. The third-order valence-corrected chi connectivity index (χ3v) is 3.85. The second kappa shape index (κ2) is 3.68. The van der Waals surface area contributed by atoms with E-state index in [0.29, 0.717) is 12.4 Å². The van der Waals surface area contributed by atoms with Gasteiger partial charge in [-0.25, -0.2) is 0 Å². The summed E-state index contributed by atoms with van der Waals surface area (Å²) in [6, 6.07) is 3.56. The summed E-state index contributed by atoms with van der Waals surface area (Å²) in [7, 11) is 1.55. The van der Waals surface area contributed by atoms with E-state index in [1.807, 2.05) is 6.07 Å². The molecule has 1 aromatic rings. The molecule has 0 unspecified atom stereocenters. The number of nitrogens with one attached hydrogen (secondary N) is 1. The van der Waals surface area contributed by atoms with Gasteiger partial charge in [-0.3, -0.25) is 4.79 Å². The van der Waals surface area contributed by atoms with Crippen LogP contribution in [0.4, 0.5) is 0 Å². The first-order chi connectivity index (χ1) is 8.22. The first kappa shape index (κ1) is 10.5. The molecule has 1 N–H and O–H groups in total. The van der Waals surface area contributed by atoms with Gasteiger partial charge in [0.2, 0.25) is 11.8 Å². The Balaban J connectivity index is 1.54. The fourth-order valence-electron chi connectivity index (χ4n) is 2.67. The van der Waals surface area contributed by atoms with Gasteiger partial charge in [0.05, 0.1) is 19.3 Å². The summed E-state index contributed by atoms with van der Waals surface area (Å²) in [4.78, 5) is 11.9. The first-order valence-corrected chi connectivity index (χ1v) is 5.87. The molecule has 1 amide bonds. The molecule has 3 fully saturated rings. The van der Waals surface area contributed by atoms with E-state index < -0.39 is 0 Å². The summed E-state index contributed by atoms with van der Waals surface area (Å²) >= 11 is 0. The molecule has 3 saturated carbocycles. The Morgan fingerprint density at radius 2 is 2.24 bits per heavy atom. The molecule has 3 aliphatic carbocycles. The minimum Gasteiger partial charge on any atom is -0.480 e. The highest BCUT2D eigenvalue weighted by Gasteiger charge is 2.61. The second-order valence-corrected chi connectivity index (χ2v) is 5.01. The first-order valence-electron chi connectivity index (χ1n) is 5.87. The Morgan fingerprint density at radius 3 is 2.71 bits per heavy atom. The summed E-state index contributed by atoms with van der Waals surface area (Å²) in [5, 5.41) is 10.8. The van der Waals surface area contributed by atoms with Crippen LogP contribution in [0.25, 0.3) is 0 Å². The fraction of sp³-hybridized carbons (Fsp3) is 0.583. The van der Waals surface area contributed by atoms with Crippen LogP contribution in [0.15, 0.2) is 12.1 Å². The maximum atomic E-state index is 11.9. The molecular formula is C12H15N3O2. The Hall–Kier alpha value is -1.65. The van der Waals surface area contributed by atoms with Crippen molar-refractivity contribution in [1.29, 1.82) is 0 Å². The summed E-state index contributed by atoms with van der Waals surface area (Å²) in [5.41, 5.74) is 0.732. The lowest BCUT2D eigenvalue weighted by molar-refractivity contribution is -0.165. The van der Waals surface area contributed by atoms with Crippen LogP contribution in [0.3, 0.4) is 0 Å². The number of amides is 1. The molecule has 0 aliphatic heterocycles. The largest absolute Gasteiger partial charge is 0.480 e. The van der Waals surface area contributed by atoms with Crippen molar-refractivity contribution >= 4 is 5.91 Å². The van der Waals surface area contributed by atoms with Crippen molar-refractivity contribution in [2.24, 2.45) is 11.3 Å². The van der Waals surface area contributed by atoms with Gasteiger partial charge >= 0.3 is 0 Å². The van der Waals surface area contributed by atoms with Gasteiger partial charge in [0.25, 0.3) is 0 Å². The molecule has 0 spiro atoms. The Morgan fingerprint density at radius 1 is 1.47 bits per heavy atom. The van der Waals surface area contributed by atoms with Crippen LogP contribution in [-0.4, -0.2) is 23.2 Å². The van der Waals surface area contributed by atoms with Crippen LogP contribution in [0.2, 0.25) is 0 Å². The van der Waals surface area contributed by atoms with Crippen molar-refractivity contribution in [2.45, 2.75) is 25.8 Å². The van der Waals surface area contributed by atoms with Gasteiger partial charge in [0, 0.05) is 11.5 Å². The zero-order valence-corrected chi connectivity index (χ0v) is 9.77. The van der Waals surface area contributed by atoms with Crippen LogP contribution >= 0.6 is 0 Å². The van der Waals surface area contributed by atoms with Gasteiger partial charge in [0.15, 0.2) is 0 Å². The molecule has 2 bridgehead atoms. The average Bonchev–Trinajstić information content (AvgIpc) is 2.23. The highest BCUT2D eigenvalue weighted by molar-refractivity contribution is 5.85. The molecular weight excluding hydrogens is 218 g/mol. The molecule has 1 heterocycles. The second-order valence-electron chi connectivity index (χ2n) is 5.01. The SMILES string of the molecule is COc1ccc(CNC(=O)C23CC(C2)C3)nn1. The summed E-state index contributed by atoms with van der Waals surface area (Å²) in [6.45, 7) is 0.447. The lowest BCUT2D eigenvalue weighted by atomic mass is 9.44. The number of ether oxygens (including phenoxy) is 1. The molecule has 0 aromatic carbocycles. The van der Waals surface area contributed by atoms with Gasteiger partial charge in [-0.1, -0.05) is 0 Å². The Bertz CT molecular complexity index is 427. The molecule has 5 nitrogen and oxygen atoms in total. The van der Waals surface area contributed by atoms with Gasteiger partial charge in [-0.2, -0.15) is 5.10 Å². The maximum absolute atomic E-state index is 11.9. The summed E-state index contributed by atoms with van der Waals surface area (Å²) in [6.07, 6.45) is 3.23. The summed E-state index contributed by atoms with van der Waals surface area (Å²) in [5.74, 6) is 1.48. The normalized spacial score (nSPS) is 28.9. The minimum atomic E-state index is -0.0232.